The number of hydrogen-bond acceptors (Lipinski definition) is 3. The number of benzene rings is 2. The second kappa shape index (κ2) is 5.00. The van der Waals surface area contributed by atoms with Gasteiger partial charge in [-0.2, -0.15) is 0 Å². The summed E-state index contributed by atoms with van der Waals surface area (Å²) in [6, 6.07) is 12.7. The minimum absolute atomic E-state index is 0.0798. The first-order valence-electron chi connectivity index (χ1n) is 5.19. The molecule has 0 atom stereocenters. The minimum Gasteiger partial charge on any atom is -0.497 e. The van der Waals surface area contributed by atoms with Crippen molar-refractivity contribution in [2.45, 2.75) is 9.79 Å². The van der Waals surface area contributed by atoms with Crippen LogP contribution in [0.5, 0.6) is 5.75 Å². The molecule has 0 aromatic heterocycles. The van der Waals surface area contributed by atoms with Crippen molar-refractivity contribution in [3.8, 4) is 5.75 Å². The summed E-state index contributed by atoms with van der Waals surface area (Å²) in [7, 11) is -2.09. The molecule has 0 radical (unpaired) electrons. The van der Waals surface area contributed by atoms with Crippen LogP contribution in [0.1, 0.15) is 0 Å². The smallest absolute Gasteiger partial charge is 0.208 e. The van der Waals surface area contributed by atoms with Gasteiger partial charge in [-0.25, -0.2) is 8.42 Å². The molecule has 0 fully saturated rings. The Labute approximate surface area is 111 Å². The third-order valence-electron chi connectivity index (χ3n) is 2.48. The molecule has 3 nitrogen and oxygen atoms in total. The average molecular weight is 283 g/mol. The fraction of sp³-hybridized carbons (Fsp3) is 0.0769. The molecule has 0 spiro atoms. The van der Waals surface area contributed by atoms with Crippen LogP contribution in [0.3, 0.4) is 0 Å². The van der Waals surface area contributed by atoms with Crippen molar-refractivity contribution in [1.29, 1.82) is 0 Å². The predicted molar refractivity (Wildman–Crippen MR) is 69.9 cm³/mol. The standard InChI is InChI=1S/C13H11ClO3S/c1-17-10-7-8-13(12(14)9-10)18(15,16)11-5-3-2-4-6-11/h2-9H,1H3. The summed E-state index contributed by atoms with van der Waals surface area (Å²) in [4.78, 5) is 0.299. The zero-order valence-electron chi connectivity index (χ0n) is 9.63. The normalized spacial score (nSPS) is 11.2. The molecule has 0 bridgehead atoms. The van der Waals surface area contributed by atoms with E-state index < -0.39 is 9.84 Å². The van der Waals surface area contributed by atoms with Crippen molar-refractivity contribution in [3.05, 3.63) is 53.6 Å². The highest BCUT2D eigenvalue weighted by Crippen LogP contribution is 2.30. The second-order valence-electron chi connectivity index (χ2n) is 3.61. The SMILES string of the molecule is COc1ccc(S(=O)(=O)c2ccccc2)c(Cl)c1. The molecule has 5 heteroatoms. The quantitative estimate of drug-likeness (QED) is 0.868. The van der Waals surface area contributed by atoms with Gasteiger partial charge in [-0.3, -0.25) is 0 Å². The van der Waals surface area contributed by atoms with Gasteiger partial charge in [-0.1, -0.05) is 29.8 Å². The number of sulfone groups is 1. The Balaban J connectivity index is 2.55. The van der Waals surface area contributed by atoms with Crippen LogP contribution < -0.4 is 4.74 Å². The molecule has 0 N–H and O–H groups in total. The molecule has 0 aliphatic heterocycles. The van der Waals surface area contributed by atoms with Gasteiger partial charge in [0.25, 0.3) is 0 Å². The topological polar surface area (TPSA) is 43.4 Å². The Morgan fingerprint density at radius 1 is 1.06 bits per heavy atom. The molecule has 0 aliphatic rings. The second-order valence-corrected chi connectivity index (χ2v) is 5.94. The predicted octanol–water partition coefficient (Wildman–Crippen LogP) is 3.18. The van der Waals surface area contributed by atoms with Gasteiger partial charge in [0.05, 0.1) is 21.9 Å². The third kappa shape index (κ3) is 2.35. The molecule has 0 saturated carbocycles. The molecule has 2 aromatic rings. The van der Waals surface area contributed by atoms with Crippen molar-refractivity contribution in [2.24, 2.45) is 0 Å². The van der Waals surface area contributed by atoms with E-state index in [2.05, 4.69) is 0 Å². The minimum atomic E-state index is -3.58. The van der Waals surface area contributed by atoms with E-state index in [1.54, 1.807) is 24.3 Å². The Kier molecular flexibility index (Phi) is 3.59. The average Bonchev–Trinajstić information content (AvgIpc) is 2.39. The summed E-state index contributed by atoms with van der Waals surface area (Å²) in [5.41, 5.74) is 0. The zero-order chi connectivity index (χ0) is 13.2. The molecule has 18 heavy (non-hydrogen) atoms. The van der Waals surface area contributed by atoms with Gasteiger partial charge in [0.2, 0.25) is 9.84 Å². The van der Waals surface area contributed by atoms with Gasteiger partial charge in [0.1, 0.15) is 5.75 Å². The Morgan fingerprint density at radius 3 is 2.28 bits per heavy atom. The van der Waals surface area contributed by atoms with Gasteiger partial charge in [-0.15, -0.1) is 0 Å². The van der Waals surface area contributed by atoms with E-state index in [0.29, 0.717) is 5.75 Å². The number of ether oxygens (including phenoxy) is 1. The number of hydrogen-bond donors (Lipinski definition) is 0. The van der Waals surface area contributed by atoms with E-state index in [1.807, 2.05) is 0 Å². The third-order valence-corrected chi connectivity index (χ3v) is 4.73. The summed E-state index contributed by atoms with van der Waals surface area (Å²) in [6.07, 6.45) is 0. The van der Waals surface area contributed by atoms with Crippen LogP contribution in [0, 0.1) is 0 Å². The lowest BCUT2D eigenvalue weighted by Crippen LogP contribution is -2.02. The molecule has 0 aliphatic carbocycles. The first-order chi connectivity index (χ1) is 8.55. The molecule has 0 amide bonds. The van der Waals surface area contributed by atoms with E-state index in [-0.39, 0.29) is 14.8 Å². The van der Waals surface area contributed by atoms with Gasteiger partial charge < -0.3 is 4.74 Å². The lowest BCUT2D eigenvalue weighted by Gasteiger charge is -2.08. The van der Waals surface area contributed by atoms with Gasteiger partial charge in [0.15, 0.2) is 0 Å². The first-order valence-corrected chi connectivity index (χ1v) is 7.05. The summed E-state index contributed by atoms with van der Waals surface area (Å²) >= 11 is 5.98. The van der Waals surface area contributed by atoms with Crippen LogP contribution in [-0.2, 0) is 9.84 Å². The highest BCUT2D eigenvalue weighted by Gasteiger charge is 2.20. The monoisotopic (exact) mass is 282 g/mol. The Bertz CT molecular complexity index is 651. The van der Waals surface area contributed by atoms with Crippen LogP contribution in [0.25, 0.3) is 0 Å². The van der Waals surface area contributed by atoms with E-state index in [0.717, 1.165) is 0 Å². The van der Waals surface area contributed by atoms with Crippen LogP contribution in [0.2, 0.25) is 5.02 Å². The zero-order valence-corrected chi connectivity index (χ0v) is 11.2. The van der Waals surface area contributed by atoms with Crippen LogP contribution in [0.15, 0.2) is 58.3 Å². The van der Waals surface area contributed by atoms with Crippen LogP contribution in [0.4, 0.5) is 0 Å². The maximum Gasteiger partial charge on any atom is 0.208 e. The fourth-order valence-electron chi connectivity index (χ4n) is 1.55. The van der Waals surface area contributed by atoms with E-state index >= 15 is 0 Å². The molecule has 2 aromatic carbocycles. The molecular weight excluding hydrogens is 272 g/mol. The van der Waals surface area contributed by atoms with Gasteiger partial charge in [-0.05, 0) is 24.3 Å². The van der Waals surface area contributed by atoms with Crippen molar-refractivity contribution in [2.75, 3.05) is 7.11 Å². The summed E-state index contributed by atoms with van der Waals surface area (Å²) in [6.45, 7) is 0. The van der Waals surface area contributed by atoms with Gasteiger partial charge >= 0.3 is 0 Å². The fourth-order valence-corrected chi connectivity index (χ4v) is 3.36. The highest BCUT2D eigenvalue weighted by molar-refractivity contribution is 7.91. The lowest BCUT2D eigenvalue weighted by atomic mass is 10.3. The summed E-state index contributed by atoms with van der Waals surface area (Å²) in [5.74, 6) is 0.520. The number of halogens is 1. The highest BCUT2D eigenvalue weighted by atomic mass is 35.5. The molecule has 94 valence electrons. The molecule has 2 rings (SSSR count). The number of methoxy groups -OCH3 is 1. The lowest BCUT2D eigenvalue weighted by molar-refractivity contribution is 0.414. The van der Waals surface area contributed by atoms with E-state index in [9.17, 15) is 8.42 Å². The Hall–Kier alpha value is -1.52. The van der Waals surface area contributed by atoms with E-state index in [1.165, 1.54) is 31.4 Å². The Morgan fingerprint density at radius 2 is 1.72 bits per heavy atom. The van der Waals surface area contributed by atoms with Crippen LogP contribution in [-0.4, -0.2) is 15.5 Å². The van der Waals surface area contributed by atoms with Crippen LogP contribution >= 0.6 is 11.6 Å². The van der Waals surface area contributed by atoms with Crippen molar-refractivity contribution in [3.63, 3.8) is 0 Å². The van der Waals surface area contributed by atoms with Crippen molar-refractivity contribution < 1.29 is 13.2 Å². The van der Waals surface area contributed by atoms with Gasteiger partial charge in [0, 0.05) is 6.07 Å². The maximum absolute atomic E-state index is 12.3. The van der Waals surface area contributed by atoms with E-state index in [4.69, 9.17) is 16.3 Å². The molecule has 0 unspecified atom stereocenters. The molecule has 0 saturated heterocycles. The molecular formula is C13H11ClO3S. The van der Waals surface area contributed by atoms with Crippen molar-refractivity contribution >= 4 is 21.4 Å². The number of rotatable bonds is 3. The largest absolute Gasteiger partial charge is 0.497 e. The maximum atomic E-state index is 12.3. The first kappa shape index (κ1) is 12.9. The summed E-state index contributed by atoms with van der Waals surface area (Å²) < 4.78 is 29.6. The summed E-state index contributed by atoms with van der Waals surface area (Å²) in [5, 5.41) is 0.151. The van der Waals surface area contributed by atoms with Crippen molar-refractivity contribution in [1.82, 2.24) is 0 Å². The molecule has 0 heterocycles.